The number of carbonyl (C=O) groups is 1. The van der Waals surface area contributed by atoms with Gasteiger partial charge in [0.25, 0.3) is 0 Å². The maximum absolute atomic E-state index is 10.7. The van der Waals surface area contributed by atoms with Crippen LogP contribution in [-0.4, -0.2) is 15.9 Å². The van der Waals surface area contributed by atoms with Gasteiger partial charge in [0.1, 0.15) is 4.83 Å². The highest BCUT2D eigenvalue weighted by Crippen LogP contribution is 2.16. The van der Waals surface area contributed by atoms with Gasteiger partial charge in [-0.15, -0.1) is 0 Å². The number of hydrogen-bond donors (Lipinski definition) is 1. The van der Waals surface area contributed by atoms with Gasteiger partial charge in [-0.1, -0.05) is 151 Å². The molecular weight excluding hydrogens is 400 g/mol. The smallest absolute Gasteiger partial charge is 0.317 e. The summed E-state index contributed by atoms with van der Waals surface area (Å²) in [5.74, 6) is -0.729. The summed E-state index contributed by atoms with van der Waals surface area (Å²) in [6.45, 7) is 2.29. The minimum Gasteiger partial charge on any atom is -0.480 e. The molecule has 3 heteroatoms. The van der Waals surface area contributed by atoms with Crippen molar-refractivity contribution in [2.45, 2.75) is 147 Å². The molecule has 0 aromatic carbocycles. The van der Waals surface area contributed by atoms with Crippen LogP contribution in [-0.2, 0) is 4.79 Å². The van der Waals surface area contributed by atoms with Crippen LogP contribution >= 0.6 is 15.9 Å². The largest absolute Gasteiger partial charge is 0.480 e. The maximum Gasteiger partial charge on any atom is 0.317 e. The summed E-state index contributed by atoms with van der Waals surface area (Å²) in [6, 6.07) is 0. The van der Waals surface area contributed by atoms with E-state index in [1.165, 1.54) is 122 Å². The summed E-state index contributed by atoms with van der Waals surface area (Å²) in [7, 11) is 0. The summed E-state index contributed by atoms with van der Waals surface area (Å²) < 4.78 is 0. The fourth-order valence-corrected chi connectivity index (χ4v) is 4.03. The predicted molar refractivity (Wildman–Crippen MR) is 123 cm³/mol. The van der Waals surface area contributed by atoms with Crippen LogP contribution in [0.1, 0.15) is 142 Å². The Morgan fingerprint density at radius 3 is 1.11 bits per heavy atom. The van der Waals surface area contributed by atoms with E-state index in [1.807, 2.05) is 0 Å². The number of unbranched alkanes of at least 4 members (excludes halogenated alkanes) is 19. The van der Waals surface area contributed by atoms with E-state index < -0.39 is 5.97 Å². The topological polar surface area (TPSA) is 37.3 Å². The molecule has 0 bridgehead atoms. The normalized spacial score (nSPS) is 12.4. The summed E-state index contributed by atoms with van der Waals surface area (Å²) in [5, 5.41) is 8.79. The Kier molecular flexibility index (Phi) is 22.2. The van der Waals surface area contributed by atoms with Crippen LogP contribution in [0.15, 0.2) is 0 Å². The summed E-state index contributed by atoms with van der Waals surface area (Å²) in [6.07, 6.45) is 28.4. The van der Waals surface area contributed by atoms with Crippen molar-refractivity contribution in [3.05, 3.63) is 0 Å². The van der Waals surface area contributed by atoms with Crippen molar-refractivity contribution in [2.24, 2.45) is 0 Å². The second-order valence-electron chi connectivity index (χ2n) is 8.31. The Hall–Kier alpha value is -0.0500. The monoisotopic (exact) mass is 446 g/mol. The fourth-order valence-electron chi connectivity index (χ4n) is 3.70. The average molecular weight is 448 g/mol. The molecule has 162 valence electrons. The fraction of sp³-hybridized carbons (Fsp3) is 0.958. The number of carboxylic acids is 1. The molecule has 0 saturated heterocycles. The molecule has 0 heterocycles. The first-order chi connectivity index (χ1) is 13.2. The molecule has 27 heavy (non-hydrogen) atoms. The highest BCUT2D eigenvalue weighted by atomic mass is 79.9. The molecular formula is C24H47BrO2. The van der Waals surface area contributed by atoms with E-state index >= 15 is 0 Å². The molecule has 2 nitrogen and oxygen atoms in total. The minimum absolute atomic E-state index is 0.354. The molecule has 0 aromatic heterocycles. The SMILES string of the molecule is CCCCCCCCCCCCCCCCCCCCCC[C@@H](Br)C(=O)O. The molecule has 0 amide bonds. The van der Waals surface area contributed by atoms with Crippen molar-refractivity contribution in [3.8, 4) is 0 Å². The third-order valence-corrected chi connectivity index (χ3v) is 6.43. The third-order valence-electron chi connectivity index (χ3n) is 5.58. The van der Waals surface area contributed by atoms with Crippen molar-refractivity contribution >= 4 is 21.9 Å². The standard InChI is InChI=1S/C24H47BrO2/c1-2-3-4-5-6-7-8-9-10-11-12-13-14-15-16-17-18-19-20-21-22-23(25)24(26)27/h23H,2-22H2,1H3,(H,26,27)/t23-/m1/s1. The lowest BCUT2D eigenvalue weighted by atomic mass is 10.0. The van der Waals surface area contributed by atoms with Crippen molar-refractivity contribution in [1.82, 2.24) is 0 Å². The average Bonchev–Trinajstić information content (AvgIpc) is 2.66. The van der Waals surface area contributed by atoms with Crippen LogP contribution in [0.3, 0.4) is 0 Å². The van der Waals surface area contributed by atoms with E-state index in [4.69, 9.17) is 5.11 Å². The lowest BCUT2D eigenvalue weighted by Gasteiger charge is -2.05. The van der Waals surface area contributed by atoms with Crippen molar-refractivity contribution < 1.29 is 9.90 Å². The number of aliphatic carboxylic acids is 1. The summed E-state index contributed by atoms with van der Waals surface area (Å²) in [4.78, 5) is 10.3. The van der Waals surface area contributed by atoms with Crippen LogP contribution in [0.5, 0.6) is 0 Å². The first-order valence-electron chi connectivity index (χ1n) is 12.0. The Labute approximate surface area is 178 Å². The van der Waals surface area contributed by atoms with Gasteiger partial charge in [-0.2, -0.15) is 0 Å². The molecule has 0 radical (unpaired) electrons. The van der Waals surface area contributed by atoms with Gasteiger partial charge in [-0.05, 0) is 6.42 Å². The highest BCUT2D eigenvalue weighted by Gasteiger charge is 2.11. The number of rotatable bonds is 22. The number of carboxylic acid groups (broad SMARTS) is 1. The van der Waals surface area contributed by atoms with Gasteiger partial charge in [-0.25, -0.2) is 0 Å². The molecule has 0 saturated carbocycles. The first-order valence-corrected chi connectivity index (χ1v) is 13.0. The quantitative estimate of drug-likeness (QED) is 0.133. The molecule has 0 rings (SSSR count). The van der Waals surface area contributed by atoms with E-state index in [0.717, 1.165) is 12.8 Å². The van der Waals surface area contributed by atoms with Crippen molar-refractivity contribution in [2.75, 3.05) is 0 Å². The molecule has 0 aliphatic rings. The van der Waals surface area contributed by atoms with Crippen molar-refractivity contribution in [3.63, 3.8) is 0 Å². The molecule has 0 unspecified atom stereocenters. The molecule has 0 aromatic rings. The van der Waals surface area contributed by atoms with Gasteiger partial charge in [-0.3, -0.25) is 4.79 Å². The first kappa shape index (κ1) is 27.0. The minimum atomic E-state index is -0.729. The van der Waals surface area contributed by atoms with Crippen LogP contribution in [0.2, 0.25) is 0 Å². The molecule has 0 fully saturated rings. The van der Waals surface area contributed by atoms with E-state index in [0.29, 0.717) is 0 Å². The zero-order chi connectivity index (χ0) is 20.0. The molecule has 1 N–H and O–H groups in total. The third kappa shape index (κ3) is 22.1. The van der Waals surface area contributed by atoms with Crippen LogP contribution in [0.25, 0.3) is 0 Å². The van der Waals surface area contributed by atoms with Crippen LogP contribution in [0.4, 0.5) is 0 Å². The van der Waals surface area contributed by atoms with Crippen LogP contribution in [0, 0.1) is 0 Å². The van der Waals surface area contributed by atoms with E-state index in [-0.39, 0.29) is 4.83 Å². The summed E-state index contributed by atoms with van der Waals surface area (Å²) in [5.41, 5.74) is 0. The molecule has 1 atom stereocenters. The Morgan fingerprint density at radius 2 is 0.852 bits per heavy atom. The van der Waals surface area contributed by atoms with Gasteiger partial charge >= 0.3 is 5.97 Å². The van der Waals surface area contributed by atoms with Crippen LogP contribution < -0.4 is 0 Å². The van der Waals surface area contributed by atoms with Gasteiger partial charge in [0.2, 0.25) is 0 Å². The molecule has 0 aliphatic heterocycles. The molecule has 0 spiro atoms. The van der Waals surface area contributed by atoms with E-state index in [1.54, 1.807) is 0 Å². The number of hydrogen-bond acceptors (Lipinski definition) is 1. The second-order valence-corrected chi connectivity index (χ2v) is 9.42. The van der Waals surface area contributed by atoms with Gasteiger partial charge in [0, 0.05) is 0 Å². The lowest BCUT2D eigenvalue weighted by Crippen LogP contribution is -2.11. The Bertz CT molecular complexity index is 307. The van der Waals surface area contributed by atoms with Crippen molar-refractivity contribution in [1.29, 1.82) is 0 Å². The lowest BCUT2D eigenvalue weighted by molar-refractivity contribution is -0.136. The van der Waals surface area contributed by atoms with E-state index in [2.05, 4.69) is 22.9 Å². The highest BCUT2D eigenvalue weighted by molar-refractivity contribution is 9.10. The summed E-state index contributed by atoms with van der Waals surface area (Å²) >= 11 is 3.20. The second kappa shape index (κ2) is 22.2. The maximum atomic E-state index is 10.7. The zero-order valence-corrected chi connectivity index (χ0v) is 19.7. The Morgan fingerprint density at radius 1 is 0.593 bits per heavy atom. The van der Waals surface area contributed by atoms with E-state index in [9.17, 15) is 4.79 Å². The number of halogens is 1. The Balaban J connectivity index is 3.04. The van der Waals surface area contributed by atoms with Gasteiger partial charge < -0.3 is 5.11 Å². The van der Waals surface area contributed by atoms with Gasteiger partial charge in [0.05, 0.1) is 0 Å². The predicted octanol–water partition coefficient (Wildman–Crippen LogP) is 9.05. The zero-order valence-electron chi connectivity index (χ0n) is 18.2. The molecule has 0 aliphatic carbocycles. The number of alkyl halides is 1. The van der Waals surface area contributed by atoms with Gasteiger partial charge in [0.15, 0.2) is 0 Å².